The molecular formula is C24H31NO3. The molecule has 3 aliphatic rings. The number of fused-ring (bicyclic) bond motifs is 5. The Balaban J connectivity index is 1.57. The number of hydrogen-bond acceptors (Lipinski definition) is 4. The summed E-state index contributed by atoms with van der Waals surface area (Å²) in [7, 11) is 0. The molecule has 2 aromatic rings. The zero-order valence-electron chi connectivity index (χ0n) is 17.3. The average molecular weight is 382 g/mol. The Hall–Kier alpha value is -1.81. The molecule has 4 heteroatoms. The van der Waals surface area contributed by atoms with Crippen LogP contribution < -0.4 is 5.63 Å². The van der Waals surface area contributed by atoms with E-state index < -0.39 is 0 Å². The van der Waals surface area contributed by atoms with Crippen LogP contribution in [0.15, 0.2) is 21.3 Å². The lowest BCUT2D eigenvalue weighted by molar-refractivity contribution is 0.126. The highest BCUT2D eigenvalue weighted by molar-refractivity contribution is 5.86. The Morgan fingerprint density at radius 1 is 1.14 bits per heavy atom. The molecule has 2 fully saturated rings. The molecule has 0 radical (unpaired) electrons. The number of phenolic OH excluding ortho intramolecular Hbond substituents is 1. The van der Waals surface area contributed by atoms with Gasteiger partial charge in [-0.15, -0.1) is 0 Å². The van der Waals surface area contributed by atoms with Crippen molar-refractivity contribution in [2.24, 2.45) is 10.8 Å². The molecule has 150 valence electrons. The first-order valence-electron chi connectivity index (χ1n) is 10.8. The molecule has 5 rings (SSSR count). The maximum atomic E-state index is 12.6. The fourth-order valence-electron chi connectivity index (χ4n) is 6.67. The number of aromatic hydroxyl groups is 1. The van der Waals surface area contributed by atoms with Crippen molar-refractivity contribution in [2.75, 3.05) is 6.54 Å². The fourth-order valence-corrected chi connectivity index (χ4v) is 6.67. The fraction of sp³-hybridized carbons (Fsp3) is 0.625. The molecule has 1 aliphatic heterocycles. The summed E-state index contributed by atoms with van der Waals surface area (Å²) in [5.74, 6) is 0.247. The third-order valence-corrected chi connectivity index (χ3v) is 7.35. The van der Waals surface area contributed by atoms with Gasteiger partial charge < -0.3 is 9.52 Å². The molecule has 1 aromatic heterocycles. The maximum Gasteiger partial charge on any atom is 0.339 e. The van der Waals surface area contributed by atoms with Crippen LogP contribution >= 0.6 is 0 Å². The Labute approximate surface area is 166 Å². The zero-order chi connectivity index (χ0) is 19.7. The molecule has 1 saturated heterocycles. The van der Waals surface area contributed by atoms with Crippen molar-refractivity contribution in [3.8, 4) is 5.75 Å². The van der Waals surface area contributed by atoms with E-state index in [0.717, 1.165) is 54.3 Å². The molecule has 1 aromatic carbocycles. The van der Waals surface area contributed by atoms with Crippen LogP contribution in [-0.2, 0) is 19.4 Å². The minimum absolute atomic E-state index is 0.206. The topological polar surface area (TPSA) is 53.7 Å². The molecular weight excluding hydrogens is 350 g/mol. The molecule has 0 amide bonds. The highest BCUT2D eigenvalue weighted by Crippen LogP contribution is 2.53. The molecule has 4 nitrogen and oxygen atoms in total. The lowest BCUT2D eigenvalue weighted by Crippen LogP contribution is -2.34. The van der Waals surface area contributed by atoms with Gasteiger partial charge in [-0.25, -0.2) is 4.79 Å². The second-order valence-corrected chi connectivity index (χ2v) is 10.6. The van der Waals surface area contributed by atoms with Crippen LogP contribution in [0.3, 0.4) is 0 Å². The van der Waals surface area contributed by atoms with Crippen LogP contribution in [0, 0.1) is 10.8 Å². The number of phenols is 1. The van der Waals surface area contributed by atoms with E-state index in [4.69, 9.17) is 4.42 Å². The molecule has 2 aliphatic carbocycles. The van der Waals surface area contributed by atoms with Gasteiger partial charge in [0.2, 0.25) is 0 Å². The first kappa shape index (κ1) is 18.2. The van der Waals surface area contributed by atoms with Crippen molar-refractivity contribution in [1.29, 1.82) is 0 Å². The standard InChI is InChI=1S/C24H31NO3/c1-23(2)10-15-11-24(3,13-23)14-25(15)12-19-20(26)9-8-17-16-6-4-5-7-18(16)22(27)28-21(17)19/h8-9,15,26H,4-7,10-14H2,1-3H3/t15-,24+/m0/s1. The van der Waals surface area contributed by atoms with E-state index in [0.29, 0.717) is 29.0 Å². The summed E-state index contributed by atoms with van der Waals surface area (Å²) in [4.78, 5) is 15.2. The monoisotopic (exact) mass is 381 g/mol. The number of benzene rings is 1. The van der Waals surface area contributed by atoms with Crippen LogP contribution in [0.25, 0.3) is 11.0 Å². The van der Waals surface area contributed by atoms with E-state index in [1.807, 2.05) is 6.07 Å². The van der Waals surface area contributed by atoms with E-state index in [-0.39, 0.29) is 11.4 Å². The van der Waals surface area contributed by atoms with Crippen molar-refractivity contribution in [3.05, 3.63) is 39.2 Å². The molecule has 1 N–H and O–H groups in total. The van der Waals surface area contributed by atoms with E-state index in [9.17, 15) is 9.90 Å². The SMILES string of the molecule is CC1(C)C[C@H]2C[C@@](C)(CN2Cc2c(O)ccc3c4c(c(=O)oc23)CCCC4)C1. The van der Waals surface area contributed by atoms with Crippen molar-refractivity contribution in [3.63, 3.8) is 0 Å². The Bertz CT molecular complexity index is 1010. The van der Waals surface area contributed by atoms with Gasteiger partial charge >= 0.3 is 5.63 Å². The first-order chi connectivity index (χ1) is 13.2. The molecule has 28 heavy (non-hydrogen) atoms. The minimum atomic E-state index is -0.206. The summed E-state index contributed by atoms with van der Waals surface area (Å²) in [6.07, 6.45) is 7.57. The van der Waals surface area contributed by atoms with Gasteiger partial charge in [0.1, 0.15) is 11.3 Å². The van der Waals surface area contributed by atoms with Gasteiger partial charge in [-0.3, -0.25) is 4.90 Å². The van der Waals surface area contributed by atoms with Crippen molar-refractivity contribution < 1.29 is 9.52 Å². The zero-order valence-corrected chi connectivity index (χ0v) is 17.3. The van der Waals surface area contributed by atoms with Crippen molar-refractivity contribution >= 4 is 11.0 Å². The number of nitrogens with zero attached hydrogens (tertiary/aromatic N) is 1. The Morgan fingerprint density at radius 2 is 1.89 bits per heavy atom. The Kier molecular flexibility index (Phi) is 3.97. The third kappa shape index (κ3) is 2.88. The summed E-state index contributed by atoms with van der Waals surface area (Å²) in [5, 5.41) is 11.7. The normalized spacial score (nSPS) is 29.2. The predicted octanol–water partition coefficient (Wildman–Crippen LogP) is 4.78. The summed E-state index contributed by atoms with van der Waals surface area (Å²) < 4.78 is 5.82. The van der Waals surface area contributed by atoms with E-state index in [1.165, 1.54) is 19.3 Å². The van der Waals surface area contributed by atoms with Gasteiger partial charge in [0.25, 0.3) is 0 Å². The molecule has 0 unspecified atom stereocenters. The molecule has 0 spiro atoms. The lowest BCUT2D eigenvalue weighted by Gasteiger charge is -2.40. The molecule has 2 atom stereocenters. The summed E-state index contributed by atoms with van der Waals surface area (Å²) in [6.45, 7) is 8.86. The minimum Gasteiger partial charge on any atom is -0.507 e. The predicted molar refractivity (Wildman–Crippen MR) is 111 cm³/mol. The van der Waals surface area contributed by atoms with Gasteiger partial charge in [-0.2, -0.15) is 0 Å². The van der Waals surface area contributed by atoms with Crippen LogP contribution in [-0.4, -0.2) is 22.6 Å². The molecule has 2 bridgehead atoms. The van der Waals surface area contributed by atoms with Gasteiger partial charge in [-0.05, 0) is 73.5 Å². The van der Waals surface area contributed by atoms with Crippen LogP contribution in [0.4, 0.5) is 0 Å². The number of likely N-dealkylation sites (tertiary alicyclic amines) is 1. The van der Waals surface area contributed by atoms with E-state index in [2.05, 4.69) is 25.7 Å². The molecule has 2 heterocycles. The van der Waals surface area contributed by atoms with Crippen LogP contribution in [0.5, 0.6) is 5.75 Å². The van der Waals surface area contributed by atoms with E-state index in [1.54, 1.807) is 6.07 Å². The largest absolute Gasteiger partial charge is 0.507 e. The number of rotatable bonds is 2. The number of aryl methyl sites for hydroxylation is 1. The van der Waals surface area contributed by atoms with Gasteiger partial charge in [0.15, 0.2) is 0 Å². The van der Waals surface area contributed by atoms with E-state index >= 15 is 0 Å². The highest BCUT2D eigenvalue weighted by Gasteiger charge is 2.49. The average Bonchev–Trinajstić information content (AvgIpc) is 2.86. The summed E-state index contributed by atoms with van der Waals surface area (Å²) >= 11 is 0. The third-order valence-electron chi connectivity index (χ3n) is 7.35. The lowest BCUT2D eigenvalue weighted by atomic mass is 9.65. The smallest absolute Gasteiger partial charge is 0.339 e. The summed E-state index contributed by atoms with van der Waals surface area (Å²) in [5.41, 5.74) is 3.88. The summed E-state index contributed by atoms with van der Waals surface area (Å²) in [6, 6.07) is 4.27. The van der Waals surface area contributed by atoms with Crippen molar-refractivity contribution in [1.82, 2.24) is 4.90 Å². The van der Waals surface area contributed by atoms with Gasteiger partial charge in [0, 0.05) is 30.1 Å². The quantitative estimate of drug-likeness (QED) is 0.761. The van der Waals surface area contributed by atoms with Gasteiger partial charge in [-0.1, -0.05) is 20.8 Å². The Morgan fingerprint density at radius 3 is 2.68 bits per heavy atom. The first-order valence-corrected chi connectivity index (χ1v) is 10.8. The molecule has 1 saturated carbocycles. The van der Waals surface area contributed by atoms with Crippen LogP contribution in [0.1, 0.15) is 69.6 Å². The maximum absolute atomic E-state index is 12.6. The number of hydrogen-bond donors (Lipinski definition) is 1. The van der Waals surface area contributed by atoms with Crippen LogP contribution in [0.2, 0.25) is 0 Å². The second kappa shape index (κ2) is 6.09. The second-order valence-electron chi connectivity index (χ2n) is 10.6. The van der Waals surface area contributed by atoms with Gasteiger partial charge in [0.05, 0.1) is 5.56 Å². The van der Waals surface area contributed by atoms with Crippen molar-refractivity contribution in [2.45, 2.75) is 78.3 Å². The highest BCUT2D eigenvalue weighted by atomic mass is 16.4.